The number of hydrogen-bond donors (Lipinski definition) is 0. The molecule has 2 rings (SSSR count). The van der Waals surface area contributed by atoms with Gasteiger partial charge in [-0.3, -0.25) is 0 Å². The molecule has 1 fully saturated rings. The minimum Gasteiger partial charge on any atom is -0.211 e. The molecule has 0 radical (unpaired) electrons. The third kappa shape index (κ3) is 2.70. The van der Waals surface area contributed by atoms with Gasteiger partial charge in [0.15, 0.2) is 0 Å². The number of rotatable bonds is 3. The number of isocyanates is 1. The van der Waals surface area contributed by atoms with E-state index in [2.05, 4.69) is 4.99 Å². The molecule has 1 aliphatic rings. The molecule has 0 spiro atoms. The first kappa shape index (κ1) is 13.4. The molecule has 1 aromatic heterocycles. The van der Waals surface area contributed by atoms with E-state index < -0.39 is 16.2 Å². The predicted octanol–water partition coefficient (Wildman–Crippen LogP) is 1.97. The minimum atomic E-state index is -3.53. The van der Waals surface area contributed by atoms with Crippen LogP contribution in [0.3, 0.4) is 0 Å². The van der Waals surface area contributed by atoms with Crippen LogP contribution in [0.1, 0.15) is 25.7 Å². The standard InChI is InChI=1S/C11H14N2O3S2/c14-9-12-10-5-2-1-3-7-13(10)18(15,16)11-6-4-8-17-11/h4,6,8,10H,1-3,5,7H2. The molecule has 1 unspecified atom stereocenters. The number of hydrogen-bond acceptors (Lipinski definition) is 5. The van der Waals surface area contributed by atoms with E-state index in [1.807, 2.05) is 0 Å². The topological polar surface area (TPSA) is 66.8 Å². The maximum atomic E-state index is 12.4. The van der Waals surface area contributed by atoms with Crippen molar-refractivity contribution in [1.29, 1.82) is 0 Å². The SMILES string of the molecule is O=C=NC1CCCCCN1S(=O)(=O)c1cccs1. The quantitative estimate of drug-likeness (QED) is 0.630. The van der Waals surface area contributed by atoms with E-state index in [9.17, 15) is 13.2 Å². The number of thiophene rings is 1. The van der Waals surface area contributed by atoms with Crippen molar-refractivity contribution in [2.75, 3.05) is 6.54 Å². The Labute approximate surface area is 110 Å². The third-order valence-corrected chi connectivity index (χ3v) is 6.20. The van der Waals surface area contributed by atoms with E-state index in [4.69, 9.17) is 0 Å². The average molecular weight is 286 g/mol. The number of sulfonamides is 1. The summed E-state index contributed by atoms with van der Waals surface area (Å²) in [6.07, 6.45) is 4.11. The number of nitrogens with zero attached hydrogens (tertiary/aromatic N) is 2. The Kier molecular flexibility index (Phi) is 4.29. The number of carbonyl (C=O) groups excluding carboxylic acids is 1. The molecule has 18 heavy (non-hydrogen) atoms. The predicted molar refractivity (Wildman–Crippen MR) is 68.6 cm³/mol. The Hall–Kier alpha value is -1.01. The molecule has 1 atom stereocenters. The maximum absolute atomic E-state index is 12.4. The zero-order chi connectivity index (χ0) is 13.0. The van der Waals surface area contributed by atoms with Crippen molar-refractivity contribution in [1.82, 2.24) is 4.31 Å². The van der Waals surface area contributed by atoms with Crippen LogP contribution in [-0.4, -0.2) is 31.5 Å². The van der Waals surface area contributed by atoms with Gasteiger partial charge in [-0.1, -0.05) is 12.5 Å². The van der Waals surface area contributed by atoms with Crippen molar-refractivity contribution in [3.05, 3.63) is 17.5 Å². The van der Waals surface area contributed by atoms with Gasteiger partial charge in [0, 0.05) is 6.54 Å². The Bertz CT molecular complexity index is 533. The van der Waals surface area contributed by atoms with Crippen molar-refractivity contribution in [3.63, 3.8) is 0 Å². The summed E-state index contributed by atoms with van der Waals surface area (Å²) in [6.45, 7) is 0.413. The summed E-state index contributed by atoms with van der Waals surface area (Å²) in [5, 5.41) is 1.72. The summed E-state index contributed by atoms with van der Waals surface area (Å²) in [4.78, 5) is 14.1. The molecular formula is C11H14N2O3S2. The third-order valence-electron chi connectivity index (χ3n) is 2.93. The van der Waals surface area contributed by atoms with Gasteiger partial charge in [-0.25, -0.2) is 13.2 Å². The van der Waals surface area contributed by atoms with Crippen molar-refractivity contribution in [2.24, 2.45) is 4.99 Å². The highest BCUT2D eigenvalue weighted by Gasteiger charge is 2.32. The highest BCUT2D eigenvalue weighted by atomic mass is 32.2. The van der Waals surface area contributed by atoms with E-state index in [1.54, 1.807) is 17.5 Å². The smallest absolute Gasteiger partial charge is 0.211 e. The summed E-state index contributed by atoms with van der Waals surface area (Å²) in [7, 11) is -3.53. The lowest BCUT2D eigenvalue weighted by Crippen LogP contribution is -2.38. The van der Waals surface area contributed by atoms with Crippen LogP contribution < -0.4 is 0 Å². The molecule has 1 aliphatic heterocycles. The summed E-state index contributed by atoms with van der Waals surface area (Å²) >= 11 is 1.18. The van der Waals surface area contributed by atoms with Crippen molar-refractivity contribution < 1.29 is 13.2 Å². The molecule has 2 heterocycles. The van der Waals surface area contributed by atoms with Crippen molar-refractivity contribution >= 4 is 27.4 Å². The highest BCUT2D eigenvalue weighted by molar-refractivity contribution is 7.91. The zero-order valence-electron chi connectivity index (χ0n) is 9.78. The maximum Gasteiger partial charge on any atom is 0.254 e. The van der Waals surface area contributed by atoms with E-state index in [1.165, 1.54) is 21.7 Å². The first-order chi connectivity index (χ1) is 8.66. The number of aliphatic imine (C=N–C) groups is 1. The second-order valence-corrected chi connectivity index (χ2v) is 7.16. The van der Waals surface area contributed by atoms with Crippen LogP contribution in [0.25, 0.3) is 0 Å². The van der Waals surface area contributed by atoms with E-state index in [0.29, 0.717) is 17.2 Å². The molecular weight excluding hydrogens is 272 g/mol. The lowest BCUT2D eigenvalue weighted by atomic mass is 10.2. The van der Waals surface area contributed by atoms with Gasteiger partial charge >= 0.3 is 0 Å². The van der Waals surface area contributed by atoms with Gasteiger partial charge < -0.3 is 0 Å². The van der Waals surface area contributed by atoms with Gasteiger partial charge in [0.2, 0.25) is 6.08 Å². The van der Waals surface area contributed by atoms with Crippen molar-refractivity contribution in [2.45, 2.75) is 36.1 Å². The van der Waals surface area contributed by atoms with Crippen LogP contribution in [0, 0.1) is 0 Å². The zero-order valence-corrected chi connectivity index (χ0v) is 11.4. The second kappa shape index (κ2) is 5.75. The van der Waals surface area contributed by atoms with E-state index >= 15 is 0 Å². The molecule has 0 saturated carbocycles. The van der Waals surface area contributed by atoms with Gasteiger partial charge in [-0.2, -0.15) is 9.30 Å². The van der Waals surface area contributed by atoms with Gasteiger partial charge in [0.25, 0.3) is 10.0 Å². The fourth-order valence-electron chi connectivity index (χ4n) is 2.06. The molecule has 5 nitrogen and oxygen atoms in total. The summed E-state index contributed by atoms with van der Waals surface area (Å²) in [5.74, 6) is 0. The fourth-order valence-corrected chi connectivity index (χ4v) is 4.77. The van der Waals surface area contributed by atoms with Crippen LogP contribution in [-0.2, 0) is 14.8 Å². The Morgan fingerprint density at radius 1 is 1.39 bits per heavy atom. The van der Waals surface area contributed by atoms with E-state index in [0.717, 1.165) is 19.3 Å². The molecule has 0 bridgehead atoms. The molecule has 98 valence electrons. The van der Waals surface area contributed by atoms with E-state index in [-0.39, 0.29) is 0 Å². The fraction of sp³-hybridized carbons (Fsp3) is 0.545. The average Bonchev–Trinajstić information content (AvgIpc) is 2.78. The Morgan fingerprint density at radius 2 is 2.22 bits per heavy atom. The van der Waals surface area contributed by atoms with Gasteiger partial charge in [0.1, 0.15) is 10.4 Å². The monoisotopic (exact) mass is 286 g/mol. The summed E-state index contributed by atoms with van der Waals surface area (Å²) < 4.78 is 26.5. The Morgan fingerprint density at radius 3 is 2.89 bits per heavy atom. The lowest BCUT2D eigenvalue weighted by Gasteiger charge is -2.24. The van der Waals surface area contributed by atoms with Crippen LogP contribution in [0.5, 0.6) is 0 Å². The molecule has 7 heteroatoms. The van der Waals surface area contributed by atoms with Crippen LogP contribution in [0.2, 0.25) is 0 Å². The van der Waals surface area contributed by atoms with Gasteiger partial charge in [-0.05, 0) is 30.7 Å². The van der Waals surface area contributed by atoms with Crippen LogP contribution >= 0.6 is 11.3 Å². The normalized spacial score (nSPS) is 22.1. The lowest BCUT2D eigenvalue weighted by molar-refractivity contribution is 0.331. The summed E-state index contributed by atoms with van der Waals surface area (Å²) in [5.41, 5.74) is 0. The first-order valence-corrected chi connectivity index (χ1v) is 8.10. The minimum absolute atomic E-state index is 0.301. The molecule has 0 aliphatic carbocycles. The molecule has 1 aromatic rings. The van der Waals surface area contributed by atoms with Crippen LogP contribution in [0.15, 0.2) is 26.7 Å². The summed E-state index contributed by atoms with van der Waals surface area (Å²) in [6, 6.07) is 3.28. The van der Waals surface area contributed by atoms with Gasteiger partial charge in [0.05, 0.1) is 0 Å². The highest BCUT2D eigenvalue weighted by Crippen LogP contribution is 2.27. The molecule has 1 saturated heterocycles. The second-order valence-electron chi connectivity index (χ2n) is 4.10. The first-order valence-electron chi connectivity index (χ1n) is 5.78. The van der Waals surface area contributed by atoms with Crippen molar-refractivity contribution in [3.8, 4) is 0 Å². The molecule has 0 N–H and O–H groups in total. The Balaban J connectivity index is 2.36. The van der Waals surface area contributed by atoms with Crippen LogP contribution in [0.4, 0.5) is 0 Å². The molecule has 0 amide bonds. The van der Waals surface area contributed by atoms with Gasteiger partial charge in [-0.15, -0.1) is 11.3 Å². The molecule has 0 aromatic carbocycles. The largest absolute Gasteiger partial charge is 0.254 e.